The average Bonchev–Trinajstić information content (AvgIpc) is 2.70. The van der Waals surface area contributed by atoms with E-state index in [-0.39, 0.29) is 0 Å². The van der Waals surface area contributed by atoms with Crippen LogP contribution in [0.3, 0.4) is 0 Å². The van der Waals surface area contributed by atoms with E-state index in [1.54, 1.807) is 0 Å². The molecule has 0 fully saturated rings. The van der Waals surface area contributed by atoms with Crippen molar-refractivity contribution in [2.75, 3.05) is 0 Å². The molecule has 1 aliphatic rings. The van der Waals surface area contributed by atoms with E-state index in [4.69, 9.17) is 0 Å². The lowest BCUT2D eigenvalue weighted by Crippen LogP contribution is -2.07. The Bertz CT molecular complexity index is 559. The summed E-state index contributed by atoms with van der Waals surface area (Å²) in [6.45, 7) is 2.21. The van der Waals surface area contributed by atoms with Gasteiger partial charge in [-0.1, -0.05) is 64.5 Å². The fourth-order valence-electron chi connectivity index (χ4n) is 2.93. The van der Waals surface area contributed by atoms with Crippen LogP contribution >= 0.6 is 15.9 Å². The molecule has 0 spiro atoms. The molecule has 92 valence electrons. The molecule has 2 aromatic rings. The molecule has 0 saturated heterocycles. The van der Waals surface area contributed by atoms with Crippen LogP contribution in [0.15, 0.2) is 48.5 Å². The van der Waals surface area contributed by atoms with Crippen LogP contribution in [0.5, 0.6) is 0 Å². The number of fused-ring (bicyclic) bond motifs is 1. The van der Waals surface area contributed by atoms with Gasteiger partial charge in [-0.05, 0) is 47.9 Å². The zero-order chi connectivity index (χ0) is 12.5. The second kappa shape index (κ2) is 4.89. The molecule has 0 saturated carbocycles. The molecule has 18 heavy (non-hydrogen) atoms. The first-order chi connectivity index (χ1) is 8.75. The number of aryl methyl sites for hydroxylation is 1. The van der Waals surface area contributed by atoms with Gasteiger partial charge in [-0.3, -0.25) is 0 Å². The van der Waals surface area contributed by atoms with Crippen LogP contribution in [0.1, 0.15) is 27.1 Å². The van der Waals surface area contributed by atoms with E-state index >= 15 is 0 Å². The number of alkyl halides is 1. The maximum absolute atomic E-state index is 3.89. The van der Waals surface area contributed by atoms with Crippen LogP contribution in [0.25, 0.3) is 0 Å². The van der Waals surface area contributed by atoms with Gasteiger partial charge in [-0.15, -0.1) is 0 Å². The zero-order valence-corrected chi connectivity index (χ0v) is 12.2. The number of benzene rings is 2. The Balaban J connectivity index is 1.83. The van der Waals surface area contributed by atoms with Crippen LogP contribution in [-0.2, 0) is 12.8 Å². The van der Waals surface area contributed by atoms with Crippen molar-refractivity contribution in [1.29, 1.82) is 0 Å². The summed E-state index contributed by atoms with van der Waals surface area (Å²) in [5.74, 6) is 0.684. The summed E-state index contributed by atoms with van der Waals surface area (Å²) >= 11 is 3.89. The number of rotatable bonds is 2. The van der Waals surface area contributed by atoms with Crippen molar-refractivity contribution >= 4 is 15.9 Å². The van der Waals surface area contributed by atoms with E-state index in [0.29, 0.717) is 10.7 Å². The van der Waals surface area contributed by atoms with Crippen molar-refractivity contribution in [3.8, 4) is 0 Å². The second-order valence-electron chi connectivity index (χ2n) is 5.20. The predicted octanol–water partition coefficient (Wildman–Crippen LogP) is 4.85. The minimum absolute atomic E-state index is 0.508. The molecule has 3 rings (SSSR count). The lowest BCUT2D eigenvalue weighted by Gasteiger charge is -2.16. The smallest absolute Gasteiger partial charge is 0.0432 e. The summed E-state index contributed by atoms with van der Waals surface area (Å²) < 4.78 is 0. The molecule has 0 heterocycles. The maximum Gasteiger partial charge on any atom is 0.0432 e. The molecule has 2 unspecified atom stereocenters. The molecule has 1 aliphatic carbocycles. The van der Waals surface area contributed by atoms with Crippen molar-refractivity contribution in [1.82, 2.24) is 0 Å². The van der Waals surface area contributed by atoms with E-state index in [1.807, 2.05) is 0 Å². The molecule has 0 aliphatic heterocycles. The third kappa shape index (κ3) is 2.12. The summed E-state index contributed by atoms with van der Waals surface area (Å²) in [6.07, 6.45) is 2.36. The standard InChI is InChI=1S/C17H17Br/c1-12-6-2-3-7-13(12)10-15-11-14-8-4-5-9-16(14)17(15)18/h2-9,15,17H,10-11H2,1H3. The van der Waals surface area contributed by atoms with Crippen molar-refractivity contribution < 1.29 is 0 Å². The largest absolute Gasteiger partial charge is 0.0835 e. The SMILES string of the molecule is Cc1ccccc1CC1Cc2ccccc2C1Br. The van der Waals surface area contributed by atoms with E-state index in [9.17, 15) is 0 Å². The van der Waals surface area contributed by atoms with Crippen LogP contribution < -0.4 is 0 Å². The van der Waals surface area contributed by atoms with Gasteiger partial charge in [0.15, 0.2) is 0 Å². The van der Waals surface area contributed by atoms with Crippen LogP contribution in [0.2, 0.25) is 0 Å². The molecule has 0 radical (unpaired) electrons. The molecule has 0 aromatic heterocycles. The minimum Gasteiger partial charge on any atom is -0.0835 e. The van der Waals surface area contributed by atoms with Gasteiger partial charge in [-0.25, -0.2) is 0 Å². The van der Waals surface area contributed by atoms with Crippen molar-refractivity contribution in [2.45, 2.75) is 24.6 Å². The Morgan fingerprint density at radius 1 is 1.06 bits per heavy atom. The summed E-state index contributed by atoms with van der Waals surface area (Å²) in [5, 5.41) is 0. The fraction of sp³-hybridized carbons (Fsp3) is 0.294. The quantitative estimate of drug-likeness (QED) is 0.696. The third-order valence-corrected chi connectivity index (χ3v) is 5.23. The lowest BCUT2D eigenvalue weighted by molar-refractivity contribution is 0.554. The van der Waals surface area contributed by atoms with Gasteiger partial charge in [0, 0.05) is 4.83 Å². The summed E-state index contributed by atoms with van der Waals surface area (Å²) in [6, 6.07) is 17.5. The van der Waals surface area contributed by atoms with Crippen LogP contribution in [0.4, 0.5) is 0 Å². The highest BCUT2D eigenvalue weighted by molar-refractivity contribution is 9.09. The first-order valence-corrected chi connectivity index (χ1v) is 7.43. The highest BCUT2D eigenvalue weighted by Crippen LogP contribution is 2.43. The Kier molecular flexibility index (Phi) is 3.25. The Morgan fingerprint density at radius 3 is 2.56 bits per heavy atom. The maximum atomic E-state index is 3.89. The molecule has 1 heteroatoms. The number of hydrogen-bond donors (Lipinski definition) is 0. The molecule has 0 N–H and O–H groups in total. The van der Waals surface area contributed by atoms with Crippen molar-refractivity contribution in [2.24, 2.45) is 5.92 Å². The van der Waals surface area contributed by atoms with Crippen molar-refractivity contribution in [3.05, 3.63) is 70.8 Å². The average molecular weight is 301 g/mol. The summed E-state index contributed by atoms with van der Waals surface area (Å²) in [7, 11) is 0. The van der Waals surface area contributed by atoms with Gasteiger partial charge in [0.25, 0.3) is 0 Å². The van der Waals surface area contributed by atoms with Crippen molar-refractivity contribution in [3.63, 3.8) is 0 Å². The Labute approximate surface area is 117 Å². The Morgan fingerprint density at radius 2 is 1.78 bits per heavy atom. The first-order valence-electron chi connectivity index (χ1n) is 6.52. The third-order valence-electron chi connectivity index (χ3n) is 3.99. The molecule has 2 atom stereocenters. The lowest BCUT2D eigenvalue weighted by atomic mass is 9.94. The Hall–Kier alpha value is -1.08. The fourth-order valence-corrected chi connectivity index (χ4v) is 3.75. The van der Waals surface area contributed by atoms with Crippen LogP contribution in [0, 0.1) is 12.8 Å². The topological polar surface area (TPSA) is 0 Å². The van der Waals surface area contributed by atoms with Gasteiger partial charge >= 0.3 is 0 Å². The van der Waals surface area contributed by atoms with E-state index < -0.39 is 0 Å². The van der Waals surface area contributed by atoms with Crippen LogP contribution in [-0.4, -0.2) is 0 Å². The zero-order valence-electron chi connectivity index (χ0n) is 10.6. The molecule has 0 nitrogen and oxygen atoms in total. The predicted molar refractivity (Wildman–Crippen MR) is 80.2 cm³/mol. The van der Waals surface area contributed by atoms with E-state index in [0.717, 1.165) is 6.42 Å². The minimum atomic E-state index is 0.508. The van der Waals surface area contributed by atoms with Gasteiger partial charge in [-0.2, -0.15) is 0 Å². The van der Waals surface area contributed by atoms with Gasteiger partial charge < -0.3 is 0 Å². The molecule has 0 bridgehead atoms. The van der Waals surface area contributed by atoms with E-state index in [2.05, 4.69) is 71.4 Å². The summed E-state index contributed by atoms with van der Waals surface area (Å²) in [5.41, 5.74) is 5.89. The normalized spacial score (nSPS) is 21.9. The molecule has 2 aromatic carbocycles. The highest BCUT2D eigenvalue weighted by Gasteiger charge is 2.30. The first kappa shape index (κ1) is 12.0. The molecular weight excluding hydrogens is 284 g/mol. The second-order valence-corrected chi connectivity index (χ2v) is 6.18. The summed E-state index contributed by atoms with van der Waals surface area (Å²) in [4.78, 5) is 0.508. The molecule has 0 amide bonds. The number of halogens is 1. The van der Waals surface area contributed by atoms with Gasteiger partial charge in [0.05, 0.1) is 0 Å². The highest BCUT2D eigenvalue weighted by atomic mass is 79.9. The van der Waals surface area contributed by atoms with Gasteiger partial charge in [0.1, 0.15) is 0 Å². The van der Waals surface area contributed by atoms with Gasteiger partial charge in [0.2, 0.25) is 0 Å². The van der Waals surface area contributed by atoms with E-state index in [1.165, 1.54) is 28.7 Å². The molecular formula is C17H17Br. The number of hydrogen-bond acceptors (Lipinski definition) is 0. The monoisotopic (exact) mass is 300 g/mol.